The second kappa shape index (κ2) is 12.4. The maximum atomic E-state index is 13.1. The van der Waals surface area contributed by atoms with E-state index < -0.39 is 5.60 Å². The average Bonchev–Trinajstić information content (AvgIpc) is 3.28. The number of hydrogen-bond donors (Lipinski definition) is 1. The Kier molecular flexibility index (Phi) is 9.77. The third-order valence-electron chi connectivity index (χ3n) is 6.38. The number of thiophene rings is 1. The van der Waals surface area contributed by atoms with Gasteiger partial charge in [0.05, 0.1) is 17.2 Å². The van der Waals surface area contributed by atoms with Crippen LogP contribution in [0.15, 0.2) is 16.6 Å². The second-order valence-electron chi connectivity index (χ2n) is 11.0. The maximum Gasteiger partial charge on any atom is 0.410 e. The number of ether oxygens (including phenoxy) is 1. The standard InChI is InChI=1S/C27H43N5O4S/c1-8-10-32(35-9-2)25(33)19-11-23-22(29-24(28)12-19)13-21(37-23)17-31-14-18(3)20(16-31)15-30(7)26(34)36-27(4,5)6/h11,13,18,20H,8-10,12,14-17H2,1-7H3,(H2,28,29)/t18-,20+/m0/s1. The molecular formula is C27H43N5O4S. The minimum absolute atomic E-state index is 0.157. The molecule has 0 bridgehead atoms. The summed E-state index contributed by atoms with van der Waals surface area (Å²) in [7, 11) is 1.81. The lowest BCUT2D eigenvalue weighted by molar-refractivity contribution is -0.180. The number of carbonyl (C=O) groups is 2. The van der Waals surface area contributed by atoms with Crippen LogP contribution in [0.3, 0.4) is 0 Å². The van der Waals surface area contributed by atoms with E-state index in [4.69, 9.17) is 15.3 Å². The van der Waals surface area contributed by atoms with Crippen LogP contribution in [0.4, 0.5) is 10.5 Å². The highest BCUT2D eigenvalue weighted by molar-refractivity contribution is 7.13. The van der Waals surface area contributed by atoms with E-state index in [0.29, 0.717) is 49.4 Å². The number of hydroxylamine groups is 2. The number of rotatable bonds is 9. The predicted octanol–water partition coefficient (Wildman–Crippen LogP) is 4.65. The van der Waals surface area contributed by atoms with Gasteiger partial charge in [0.2, 0.25) is 0 Å². The summed E-state index contributed by atoms with van der Waals surface area (Å²) in [6.07, 6.45) is 2.75. The van der Waals surface area contributed by atoms with Gasteiger partial charge in [0.1, 0.15) is 11.4 Å². The van der Waals surface area contributed by atoms with Crippen molar-refractivity contribution in [1.82, 2.24) is 14.9 Å². The van der Waals surface area contributed by atoms with Crippen LogP contribution < -0.4 is 5.73 Å². The first-order chi connectivity index (χ1) is 17.4. The summed E-state index contributed by atoms with van der Waals surface area (Å²) in [6, 6.07) is 2.08. The zero-order chi connectivity index (χ0) is 27.3. The summed E-state index contributed by atoms with van der Waals surface area (Å²) < 4.78 is 5.51. The highest BCUT2D eigenvalue weighted by Crippen LogP contribution is 2.36. The summed E-state index contributed by atoms with van der Waals surface area (Å²) in [4.78, 5) is 41.9. The molecule has 0 radical (unpaired) electrons. The lowest BCUT2D eigenvalue weighted by Gasteiger charge is -2.27. The van der Waals surface area contributed by atoms with Gasteiger partial charge in [-0.3, -0.25) is 14.5 Å². The largest absolute Gasteiger partial charge is 0.444 e. The molecule has 0 aromatic carbocycles. The van der Waals surface area contributed by atoms with Crippen LogP contribution in [0.5, 0.6) is 0 Å². The zero-order valence-electron chi connectivity index (χ0n) is 23.4. The Bertz CT molecular complexity index is 1020. The Hall–Kier alpha value is -2.43. The quantitative estimate of drug-likeness (QED) is 0.464. The van der Waals surface area contributed by atoms with Gasteiger partial charge in [-0.05, 0) is 58.1 Å². The van der Waals surface area contributed by atoms with Crippen molar-refractivity contribution < 1.29 is 19.2 Å². The predicted molar refractivity (Wildman–Crippen MR) is 149 cm³/mol. The number of amidine groups is 1. The van der Waals surface area contributed by atoms with Gasteiger partial charge in [0.25, 0.3) is 5.91 Å². The van der Waals surface area contributed by atoms with Gasteiger partial charge in [0.15, 0.2) is 0 Å². The van der Waals surface area contributed by atoms with E-state index in [2.05, 4.69) is 22.9 Å². The van der Waals surface area contributed by atoms with E-state index >= 15 is 0 Å². The topological polar surface area (TPSA) is 101 Å². The summed E-state index contributed by atoms with van der Waals surface area (Å²) >= 11 is 1.65. The average molecular weight is 534 g/mol. The summed E-state index contributed by atoms with van der Waals surface area (Å²) in [5.41, 5.74) is 7.10. The molecule has 1 saturated heterocycles. The fourth-order valence-electron chi connectivity index (χ4n) is 4.69. The lowest BCUT2D eigenvalue weighted by atomic mass is 9.98. The highest BCUT2D eigenvalue weighted by Gasteiger charge is 2.33. The van der Waals surface area contributed by atoms with Crippen molar-refractivity contribution in [2.45, 2.75) is 66.5 Å². The van der Waals surface area contributed by atoms with E-state index in [1.807, 2.05) is 40.7 Å². The molecule has 0 saturated carbocycles. The van der Waals surface area contributed by atoms with Gasteiger partial charge in [-0.1, -0.05) is 13.8 Å². The fourth-order valence-corrected chi connectivity index (χ4v) is 5.80. The van der Waals surface area contributed by atoms with Crippen molar-refractivity contribution in [3.63, 3.8) is 0 Å². The molecule has 2 amide bonds. The van der Waals surface area contributed by atoms with E-state index in [1.165, 1.54) is 9.94 Å². The van der Waals surface area contributed by atoms with Gasteiger partial charge in [0, 0.05) is 56.6 Å². The van der Waals surface area contributed by atoms with Gasteiger partial charge < -0.3 is 15.4 Å². The summed E-state index contributed by atoms with van der Waals surface area (Å²) in [6.45, 7) is 16.1. The van der Waals surface area contributed by atoms with Crippen molar-refractivity contribution in [2.24, 2.45) is 22.6 Å². The van der Waals surface area contributed by atoms with Gasteiger partial charge >= 0.3 is 6.09 Å². The molecule has 3 rings (SSSR count). The molecule has 37 heavy (non-hydrogen) atoms. The Morgan fingerprint density at radius 3 is 2.65 bits per heavy atom. The number of hydrogen-bond acceptors (Lipinski definition) is 8. The molecule has 1 fully saturated rings. The van der Waals surface area contributed by atoms with E-state index in [9.17, 15) is 9.59 Å². The molecule has 0 unspecified atom stereocenters. The number of carbonyl (C=O) groups excluding carboxylic acids is 2. The van der Waals surface area contributed by atoms with E-state index in [-0.39, 0.29) is 12.0 Å². The van der Waals surface area contributed by atoms with Gasteiger partial charge in [-0.2, -0.15) is 0 Å². The molecule has 3 heterocycles. The molecular weight excluding hydrogens is 490 g/mol. The first kappa shape index (κ1) is 29.1. The Morgan fingerprint density at radius 1 is 1.27 bits per heavy atom. The number of fused-ring (bicyclic) bond motifs is 1. The Labute approximate surface area is 225 Å². The summed E-state index contributed by atoms with van der Waals surface area (Å²) in [5, 5.41) is 1.43. The molecule has 2 N–H and O–H groups in total. The molecule has 9 nitrogen and oxygen atoms in total. The van der Waals surface area contributed by atoms with E-state index in [0.717, 1.165) is 36.6 Å². The minimum atomic E-state index is -0.502. The van der Waals surface area contributed by atoms with E-state index in [1.54, 1.807) is 23.3 Å². The van der Waals surface area contributed by atoms with Gasteiger partial charge in [-0.15, -0.1) is 11.3 Å². The zero-order valence-corrected chi connectivity index (χ0v) is 24.2. The van der Waals surface area contributed by atoms with Crippen molar-refractivity contribution >= 4 is 40.9 Å². The molecule has 206 valence electrons. The second-order valence-corrected chi connectivity index (χ2v) is 12.2. The van der Waals surface area contributed by atoms with Crippen molar-refractivity contribution in [1.29, 1.82) is 0 Å². The van der Waals surface area contributed by atoms with Crippen LogP contribution >= 0.6 is 11.3 Å². The first-order valence-corrected chi connectivity index (χ1v) is 14.0. The third kappa shape index (κ3) is 8.02. The smallest absolute Gasteiger partial charge is 0.410 e. The van der Waals surface area contributed by atoms with Crippen LogP contribution in [0.2, 0.25) is 0 Å². The molecule has 1 aromatic heterocycles. The number of nitrogens with zero attached hydrogens (tertiary/aromatic N) is 4. The van der Waals surface area contributed by atoms with Crippen LogP contribution in [0.25, 0.3) is 6.08 Å². The number of aliphatic imine (C=N–C) groups is 1. The van der Waals surface area contributed by atoms with Crippen LogP contribution in [0, 0.1) is 11.8 Å². The van der Waals surface area contributed by atoms with Crippen LogP contribution in [-0.4, -0.2) is 78.1 Å². The number of amides is 2. The molecule has 1 aromatic rings. The first-order valence-electron chi connectivity index (χ1n) is 13.2. The third-order valence-corrected chi connectivity index (χ3v) is 7.44. The van der Waals surface area contributed by atoms with Crippen molar-refractivity contribution in [3.05, 3.63) is 21.4 Å². The fraction of sp³-hybridized carbons (Fsp3) is 0.667. The molecule has 10 heteroatoms. The summed E-state index contributed by atoms with van der Waals surface area (Å²) in [5.74, 6) is 1.10. The molecule has 2 aliphatic rings. The number of likely N-dealkylation sites (tertiary alicyclic amines) is 1. The molecule has 2 aliphatic heterocycles. The number of nitrogens with two attached hydrogens (primary N) is 1. The Balaban J connectivity index is 1.68. The molecule has 0 spiro atoms. The molecule has 2 atom stereocenters. The van der Waals surface area contributed by atoms with Crippen LogP contribution in [-0.2, 0) is 20.9 Å². The Morgan fingerprint density at radius 2 is 2.00 bits per heavy atom. The van der Waals surface area contributed by atoms with Crippen LogP contribution in [0.1, 0.15) is 64.1 Å². The normalized spacial score (nSPS) is 20.1. The maximum absolute atomic E-state index is 13.1. The van der Waals surface area contributed by atoms with Crippen molar-refractivity contribution in [2.75, 3.05) is 39.8 Å². The highest BCUT2D eigenvalue weighted by atomic mass is 32.1. The SMILES string of the molecule is CCCN(OCC)C(=O)C1=Cc2sc(CN3C[C@@H](CN(C)C(=O)OC(C)(C)C)[C@@H](C)C3)cc2N=C(N)C1. The van der Waals surface area contributed by atoms with Crippen molar-refractivity contribution in [3.8, 4) is 0 Å². The van der Waals surface area contributed by atoms with Gasteiger partial charge in [-0.25, -0.2) is 14.9 Å². The monoisotopic (exact) mass is 533 g/mol. The molecule has 0 aliphatic carbocycles. The minimum Gasteiger partial charge on any atom is -0.444 e. The lowest BCUT2D eigenvalue weighted by Crippen LogP contribution is -2.38.